The van der Waals surface area contributed by atoms with E-state index in [1.165, 1.54) is 12.1 Å². The molecule has 0 aromatic heterocycles. The van der Waals surface area contributed by atoms with Crippen LogP contribution in [0.1, 0.15) is 18.9 Å². The molecule has 2 aliphatic heterocycles. The molecule has 2 aliphatic rings. The highest BCUT2D eigenvalue weighted by Crippen LogP contribution is 2.23. The van der Waals surface area contributed by atoms with E-state index in [2.05, 4.69) is 0 Å². The Balaban J connectivity index is 1.52. The summed E-state index contributed by atoms with van der Waals surface area (Å²) in [5.41, 5.74) is 0.834. The lowest BCUT2D eigenvalue weighted by atomic mass is 10.1. The molecule has 0 aliphatic carbocycles. The molecule has 1 atom stereocenters. The number of carbonyl (C=O) groups is 3. The summed E-state index contributed by atoms with van der Waals surface area (Å²) in [6.45, 7) is 4.58. The zero-order valence-electron chi connectivity index (χ0n) is 15.4. The summed E-state index contributed by atoms with van der Waals surface area (Å²) >= 11 is 0. The number of hydrogen-bond donors (Lipinski definition) is 0. The topological polar surface area (TPSA) is 70.2 Å². The molecule has 2 saturated heterocycles. The second kappa shape index (κ2) is 8.37. The number of ether oxygens (including phenoxy) is 1. The van der Waals surface area contributed by atoms with Gasteiger partial charge in [0.05, 0.1) is 12.5 Å². The molecule has 1 aromatic rings. The van der Waals surface area contributed by atoms with Crippen LogP contribution in [0.5, 0.6) is 0 Å². The molecule has 7 nitrogen and oxygen atoms in total. The van der Waals surface area contributed by atoms with Crippen molar-refractivity contribution in [2.24, 2.45) is 5.92 Å². The van der Waals surface area contributed by atoms with Gasteiger partial charge in [-0.25, -0.2) is 9.18 Å². The summed E-state index contributed by atoms with van der Waals surface area (Å²) in [6.07, 6.45) is -0.163. The minimum atomic E-state index is -0.368. The van der Waals surface area contributed by atoms with E-state index in [9.17, 15) is 18.8 Å². The van der Waals surface area contributed by atoms with Crippen molar-refractivity contribution in [2.75, 3.05) is 39.3 Å². The van der Waals surface area contributed by atoms with E-state index in [4.69, 9.17) is 4.74 Å². The van der Waals surface area contributed by atoms with Crippen molar-refractivity contribution in [1.29, 1.82) is 0 Å². The largest absolute Gasteiger partial charge is 0.450 e. The zero-order valence-corrected chi connectivity index (χ0v) is 15.4. The highest BCUT2D eigenvalue weighted by atomic mass is 19.1. The van der Waals surface area contributed by atoms with Crippen LogP contribution >= 0.6 is 0 Å². The van der Waals surface area contributed by atoms with Gasteiger partial charge >= 0.3 is 6.09 Å². The maximum Gasteiger partial charge on any atom is 0.409 e. The molecule has 0 spiro atoms. The fraction of sp³-hybridized carbons (Fsp3) is 0.526. The molecule has 1 unspecified atom stereocenters. The van der Waals surface area contributed by atoms with Crippen molar-refractivity contribution >= 4 is 17.9 Å². The molecule has 146 valence electrons. The van der Waals surface area contributed by atoms with Gasteiger partial charge in [0, 0.05) is 45.7 Å². The lowest BCUT2D eigenvalue weighted by Gasteiger charge is -2.35. The van der Waals surface area contributed by atoms with Crippen molar-refractivity contribution in [3.8, 4) is 0 Å². The Kier molecular flexibility index (Phi) is 5.93. The molecular weight excluding hydrogens is 353 g/mol. The number of amides is 3. The van der Waals surface area contributed by atoms with Crippen molar-refractivity contribution in [3.63, 3.8) is 0 Å². The van der Waals surface area contributed by atoms with E-state index in [-0.39, 0.29) is 36.1 Å². The Bertz CT molecular complexity index is 701. The number of benzene rings is 1. The highest BCUT2D eigenvalue weighted by Gasteiger charge is 2.37. The molecule has 27 heavy (non-hydrogen) atoms. The maximum atomic E-state index is 13.0. The normalized spacial score (nSPS) is 20.1. The first kappa shape index (κ1) is 19.1. The van der Waals surface area contributed by atoms with Gasteiger partial charge in [-0.3, -0.25) is 9.59 Å². The molecule has 2 heterocycles. The number of nitrogens with zero attached hydrogens (tertiary/aromatic N) is 3. The summed E-state index contributed by atoms with van der Waals surface area (Å²) in [5, 5.41) is 0. The van der Waals surface area contributed by atoms with Crippen LogP contribution in [-0.2, 0) is 20.9 Å². The van der Waals surface area contributed by atoms with Crippen LogP contribution in [0.4, 0.5) is 9.18 Å². The Hall–Kier alpha value is -2.64. The second-order valence-corrected chi connectivity index (χ2v) is 6.81. The third-order valence-corrected chi connectivity index (χ3v) is 4.97. The number of carbonyl (C=O) groups excluding carboxylic acids is 3. The molecule has 8 heteroatoms. The van der Waals surface area contributed by atoms with Gasteiger partial charge in [-0.2, -0.15) is 0 Å². The fourth-order valence-electron chi connectivity index (χ4n) is 3.48. The van der Waals surface area contributed by atoms with Gasteiger partial charge in [0.25, 0.3) is 0 Å². The molecule has 0 bridgehead atoms. The highest BCUT2D eigenvalue weighted by molar-refractivity contribution is 5.89. The van der Waals surface area contributed by atoms with Crippen molar-refractivity contribution in [3.05, 3.63) is 35.6 Å². The fourth-order valence-corrected chi connectivity index (χ4v) is 3.48. The first-order chi connectivity index (χ1) is 13.0. The summed E-state index contributed by atoms with van der Waals surface area (Å²) in [7, 11) is 0. The van der Waals surface area contributed by atoms with Crippen molar-refractivity contribution in [1.82, 2.24) is 14.7 Å². The average Bonchev–Trinajstić information content (AvgIpc) is 3.04. The van der Waals surface area contributed by atoms with E-state index >= 15 is 0 Å². The summed E-state index contributed by atoms with van der Waals surface area (Å²) < 4.78 is 18.0. The van der Waals surface area contributed by atoms with Crippen LogP contribution in [-0.4, -0.2) is 71.9 Å². The van der Waals surface area contributed by atoms with Gasteiger partial charge in [-0.1, -0.05) is 12.1 Å². The number of rotatable bonds is 4. The Morgan fingerprint density at radius 3 is 2.37 bits per heavy atom. The molecular formula is C19H24FN3O4. The quantitative estimate of drug-likeness (QED) is 0.797. The van der Waals surface area contributed by atoms with Crippen molar-refractivity contribution in [2.45, 2.75) is 19.9 Å². The summed E-state index contributed by atoms with van der Waals surface area (Å²) in [6, 6.07) is 6.02. The van der Waals surface area contributed by atoms with Crippen LogP contribution < -0.4 is 0 Å². The lowest BCUT2D eigenvalue weighted by molar-refractivity contribution is -0.137. The van der Waals surface area contributed by atoms with E-state index in [0.717, 1.165) is 5.56 Å². The summed E-state index contributed by atoms with van der Waals surface area (Å²) in [4.78, 5) is 41.7. The predicted octanol–water partition coefficient (Wildman–Crippen LogP) is 1.47. The molecule has 3 rings (SSSR count). The van der Waals surface area contributed by atoms with Gasteiger partial charge in [-0.15, -0.1) is 0 Å². The van der Waals surface area contributed by atoms with Gasteiger partial charge in [-0.05, 0) is 24.6 Å². The Labute approximate surface area is 157 Å². The molecule has 2 fully saturated rings. The van der Waals surface area contributed by atoms with Gasteiger partial charge < -0.3 is 19.4 Å². The van der Waals surface area contributed by atoms with Crippen LogP contribution in [0.2, 0.25) is 0 Å². The SMILES string of the molecule is CCOC(=O)N1CCN(C(=O)C2CC(=O)N(Cc3ccc(F)cc3)C2)CC1. The molecule has 0 saturated carbocycles. The molecule has 1 aromatic carbocycles. The second-order valence-electron chi connectivity index (χ2n) is 6.81. The number of piperazine rings is 1. The predicted molar refractivity (Wildman–Crippen MR) is 95.1 cm³/mol. The third kappa shape index (κ3) is 4.56. The van der Waals surface area contributed by atoms with E-state index in [0.29, 0.717) is 45.9 Å². The van der Waals surface area contributed by atoms with E-state index in [1.807, 2.05) is 0 Å². The van der Waals surface area contributed by atoms with Crippen LogP contribution in [0.15, 0.2) is 24.3 Å². The number of likely N-dealkylation sites (tertiary alicyclic amines) is 1. The Morgan fingerprint density at radius 2 is 1.74 bits per heavy atom. The average molecular weight is 377 g/mol. The molecule has 0 radical (unpaired) electrons. The Morgan fingerprint density at radius 1 is 1.11 bits per heavy atom. The zero-order chi connectivity index (χ0) is 19.4. The number of hydrogen-bond acceptors (Lipinski definition) is 4. The molecule has 3 amide bonds. The minimum absolute atomic E-state index is 0.0477. The monoisotopic (exact) mass is 377 g/mol. The van der Waals surface area contributed by atoms with Gasteiger partial charge in [0.15, 0.2) is 0 Å². The van der Waals surface area contributed by atoms with E-state index < -0.39 is 0 Å². The van der Waals surface area contributed by atoms with Gasteiger partial charge in [0.1, 0.15) is 5.82 Å². The minimum Gasteiger partial charge on any atom is -0.450 e. The molecule has 0 N–H and O–H groups in total. The first-order valence-corrected chi connectivity index (χ1v) is 9.20. The third-order valence-electron chi connectivity index (χ3n) is 4.97. The van der Waals surface area contributed by atoms with Crippen LogP contribution in [0.3, 0.4) is 0 Å². The number of halogens is 1. The standard InChI is InChI=1S/C19H24FN3O4/c1-2-27-19(26)22-9-7-21(8-10-22)18(25)15-11-17(24)23(13-15)12-14-3-5-16(20)6-4-14/h3-6,15H,2,7-13H2,1H3. The maximum absolute atomic E-state index is 13.0. The first-order valence-electron chi connectivity index (χ1n) is 9.20. The smallest absolute Gasteiger partial charge is 0.409 e. The van der Waals surface area contributed by atoms with E-state index in [1.54, 1.807) is 33.8 Å². The van der Waals surface area contributed by atoms with Gasteiger partial charge in [0.2, 0.25) is 11.8 Å². The summed E-state index contributed by atoms with van der Waals surface area (Å²) in [5.74, 6) is -0.801. The lowest BCUT2D eigenvalue weighted by Crippen LogP contribution is -2.52. The van der Waals surface area contributed by atoms with Crippen LogP contribution in [0, 0.1) is 11.7 Å². The van der Waals surface area contributed by atoms with Crippen molar-refractivity contribution < 1.29 is 23.5 Å². The van der Waals surface area contributed by atoms with Crippen LogP contribution in [0.25, 0.3) is 0 Å².